The van der Waals surface area contributed by atoms with E-state index in [1.165, 1.54) is 36.4 Å². The molecule has 6 nitrogen and oxygen atoms in total. The van der Waals surface area contributed by atoms with Crippen molar-refractivity contribution in [3.8, 4) is 65.6 Å². The summed E-state index contributed by atoms with van der Waals surface area (Å²) in [6.07, 6.45) is 1.66. The predicted molar refractivity (Wildman–Crippen MR) is 209 cm³/mol. The van der Waals surface area contributed by atoms with Gasteiger partial charge in [0.15, 0.2) is 34.8 Å². The highest BCUT2D eigenvalue weighted by molar-refractivity contribution is 7.29. The molecule has 0 amide bonds. The minimum absolute atomic E-state index is 0.0373. The van der Waals surface area contributed by atoms with Crippen LogP contribution < -0.4 is 0 Å². The number of carbonyl (C=O) groups is 4. The van der Waals surface area contributed by atoms with Crippen molar-refractivity contribution in [1.29, 1.82) is 0 Å². The molecular weight excluding hydrogens is 761 g/mol. The number of hydrogen-bond acceptors (Lipinski definition) is 8. The molecule has 8 rings (SSSR count). The highest BCUT2D eigenvalue weighted by Gasteiger charge is 2.25. The third-order valence-electron chi connectivity index (χ3n) is 9.27. The smallest absolute Gasteiger partial charge is 0.155 e. The van der Waals surface area contributed by atoms with E-state index in [9.17, 15) is 28.0 Å². The summed E-state index contributed by atoms with van der Waals surface area (Å²) < 4.78 is 61.3. The fourth-order valence-electron chi connectivity index (χ4n) is 6.46. The van der Waals surface area contributed by atoms with Gasteiger partial charge in [0.2, 0.25) is 0 Å². The SMILES string of the molecule is O=Cc1ccc(-c2cccc(-c3ccc(C=O)c(F)c3-c3nc4sc(-c5c(-c6cccc(-c7ccc(C=O)c(F)c7)c6)ccc(C=O)c5F)nc4s3)c2)cc1F. The van der Waals surface area contributed by atoms with Crippen LogP contribution in [-0.2, 0) is 0 Å². The van der Waals surface area contributed by atoms with Gasteiger partial charge in [-0.25, -0.2) is 27.5 Å². The summed E-state index contributed by atoms with van der Waals surface area (Å²) in [5, 5.41) is 0.410. The van der Waals surface area contributed by atoms with Gasteiger partial charge in [0.05, 0.1) is 33.4 Å². The first-order chi connectivity index (χ1) is 27.2. The number of thiazole rings is 2. The molecule has 0 saturated heterocycles. The Kier molecular flexibility index (Phi) is 9.59. The Morgan fingerprint density at radius 3 is 1.14 bits per heavy atom. The van der Waals surface area contributed by atoms with Crippen molar-refractivity contribution < 1.29 is 36.7 Å². The Hall–Kier alpha value is -6.76. The van der Waals surface area contributed by atoms with Gasteiger partial charge in [-0.2, -0.15) is 0 Å². The number of fused-ring (bicyclic) bond motifs is 1. The maximum absolute atomic E-state index is 16.2. The van der Waals surface area contributed by atoms with E-state index in [0.29, 0.717) is 79.3 Å². The molecule has 0 N–H and O–H groups in total. The van der Waals surface area contributed by atoms with E-state index < -0.39 is 23.3 Å². The molecule has 0 spiro atoms. The molecule has 0 radical (unpaired) electrons. The monoisotopic (exact) mass is 782 g/mol. The minimum Gasteiger partial charge on any atom is -0.298 e. The number of nitrogens with zero attached hydrogens (tertiary/aromatic N) is 2. The average molecular weight is 783 g/mol. The van der Waals surface area contributed by atoms with Crippen LogP contribution in [0.15, 0.2) is 109 Å². The minimum atomic E-state index is -0.807. The zero-order chi connectivity index (χ0) is 39.1. The molecule has 12 heteroatoms. The third-order valence-corrected chi connectivity index (χ3v) is 11.3. The molecule has 0 atom stereocenters. The van der Waals surface area contributed by atoms with E-state index in [1.807, 2.05) is 0 Å². The molecule has 6 aromatic carbocycles. The highest BCUT2D eigenvalue weighted by Crippen LogP contribution is 2.45. The zero-order valence-corrected chi connectivity index (χ0v) is 30.2. The second-order valence-electron chi connectivity index (χ2n) is 12.5. The van der Waals surface area contributed by atoms with Crippen LogP contribution in [0.5, 0.6) is 0 Å². The zero-order valence-electron chi connectivity index (χ0n) is 28.6. The van der Waals surface area contributed by atoms with Crippen molar-refractivity contribution in [2.45, 2.75) is 0 Å². The Morgan fingerprint density at radius 2 is 0.768 bits per heavy atom. The van der Waals surface area contributed by atoms with Gasteiger partial charge in [0.1, 0.15) is 33.3 Å². The van der Waals surface area contributed by atoms with Crippen LogP contribution in [0.2, 0.25) is 0 Å². The number of rotatable bonds is 10. The summed E-state index contributed by atoms with van der Waals surface area (Å²) in [7, 11) is 0. The highest BCUT2D eigenvalue weighted by atomic mass is 32.1. The van der Waals surface area contributed by atoms with Crippen LogP contribution in [-0.4, -0.2) is 35.1 Å². The molecule has 0 unspecified atom stereocenters. The average Bonchev–Trinajstić information content (AvgIpc) is 3.80. The third kappa shape index (κ3) is 6.44. The van der Waals surface area contributed by atoms with Crippen molar-refractivity contribution in [3.05, 3.63) is 155 Å². The van der Waals surface area contributed by atoms with Crippen molar-refractivity contribution in [1.82, 2.24) is 9.97 Å². The van der Waals surface area contributed by atoms with Crippen LogP contribution in [0.1, 0.15) is 41.4 Å². The number of carbonyl (C=O) groups excluding carboxylic acids is 4. The lowest BCUT2D eigenvalue weighted by Crippen LogP contribution is -1.96. The fourth-order valence-corrected chi connectivity index (χ4v) is 8.61. The summed E-state index contributed by atoms with van der Waals surface area (Å²) in [4.78, 5) is 56.1. The van der Waals surface area contributed by atoms with Gasteiger partial charge in [-0.15, -0.1) is 0 Å². The quantitative estimate of drug-likeness (QED) is 0.101. The molecule has 272 valence electrons. The fraction of sp³-hybridized carbons (Fsp3) is 0. The first-order valence-electron chi connectivity index (χ1n) is 16.8. The van der Waals surface area contributed by atoms with Crippen molar-refractivity contribution >= 4 is 57.5 Å². The van der Waals surface area contributed by atoms with Gasteiger partial charge in [0, 0.05) is 0 Å². The summed E-state index contributed by atoms with van der Waals surface area (Å²) in [5.41, 5.74) is 3.58. The Balaban J connectivity index is 1.22. The van der Waals surface area contributed by atoms with Gasteiger partial charge in [-0.05, 0) is 93.0 Å². The summed E-state index contributed by atoms with van der Waals surface area (Å²) in [6.45, 7) is 0. The van der Waals surface area contributed by atoms with Crippen molar-refractivity contribution in [2.75, 3.05) is 0 Å². The molecule has 0 aliphatic rings. The molecule has 8 aromatic rings. The van der Waals surface area contributed by atoms with Crippen LogP contribution in [0.25, 0.3) is 75.3 Å². The molecule has 2 aromatic heterocycles. The maximum Gasteiger partial charge on any atom is 0.155 e. The first kappa shape index (κ1) is 36.2. The molecular formula is C44H22F4N2O4S2. The predicted octanol–water partition coefficient (Wildman–Crippen LogP) is 11.6. The van der Waals surface area contributed by atoms with Gasteiger partial charge in [0.25, 0.3) is 0 Å². The lowest BCUT2D eigenvalue weighted by molar-refractivity contribution is 0.111. The molecule has 2 heterocycles. The van der Waals surface area contributed by atoms with Crippen LogP contribution in [0.3, 0.4) is 0 Å². The van der Waals surface area contributed by atoms with Crippen LogP contribution >= 0.6 is 22.7 Å². The van der Waals surface area contributed by atoms with Gasteiger partial charge in [-0.3, -0.25) is 19.2 Å². The molecule has 0 saturated carbocycles. The topological polar surface area (TPSA) is 94.1 Å². The molecule has 0 aliphatic carbocycles. The van der Waals surface area contributed by atoms with E-state index in [0.717, 1.165) is 22.7 Å². The second kappa shape index (κ2) is 14.8. The molecule has 0 aliphatic heterocycles. The first-order valence-corrected chi connectivity index (χ1v) is 18.4. The Labute approximate surface area is 323 Å². The van der Waals surface area contributed by atoms with Crippen LogP contribution in [0, 0.1) is 23.3 Å². The number of halogens is 4. The van der Waals surface area contributed by atoms with Gasteiger partial charge >= 0.3 is 0 Å². The lowest BCUT2D eigenvalue weighted by Gasteiger charge is -2.13. The number of benzene rings is 6. The van der Waals surface area contributed by atoms with Gasteiger partial charge in [-0.1, -0.05) is 83.3 Å². The van der Waals surface area contributed by atoms with E-state index in [2.05, 4.69) is 0 Å². The molecule has 56 heavy (non-hydrogen) atoms. The summed E-state index contributed by atoms with van der Waals surface area (Å²) in [5.74, 6) is -2.98. The lowest BCUT2D eigenvalue weighted by atomic mass is 9.94. The largest absolute Gasteiger partial charge is 0.298 e. The van der Waals surface area contributed by atoms with E-state index in [-0.39, 0.29) is 43.4 Å². The normalized spacial score (nSPS) is 11.1. The Morgan fingerprint density at radius 1 is 0.411 bits per heavy atom. The maximum atomic E-state index is 16.2. The van der Waals surface area contributed by atoms with Crippen molar-refractivity contribution in [2.24, 2.45) is 0 Å². The summed E-state index contributed by atoms with van der Waals surface area (Å²) in [6, 6.07) is 28.2. The van der Waals surface area contributed by atoms with E-state index in [4.69, 9.17) is 9.97 Å². The van der Waals surface area contributed by atoms with Crippen LogP contribution in [0.4, 0.5) is 17.6 Å². The standard InChI is InChI=1S/C44H22F4N2O4S2/c45-35-17-25(7-9-29(35)19-51)23-3-1-5-27(15-23)33-13-11-31(21-53)39(47)37(33)41-49-43-44(55-41)50-42(56-43)38-34(14-12-32(22-54)40(38)48)28-6-2-4-24(16-28)26-8-10-30(20-52)36(46)18-26/h1-22H. The van der Waals surface area contributed by atoms with Gasteiger partial charge < -0.3 is 0 Å². The molecule has 0 fully saturated rings. The number of aldehydes is 4. The number of hydrogen-bond donors (Lipinski definition) is 0. The van der Waals surface area contributed by atoms with E-state index in [1.54, 1.807) is 72.8 Å². The summed E-state index contributed by atoms with van der Waals surface area (Å²) >= 11 is 2.07. The second-order valence-corrected chi connectivity index (χ2v) is 14.5. The Bertz CT molecular complexity index is 2700. The molecule has 0 bridgehead atoms. The van der Waals surface area contributed by atoms with Crippen molar-refractivity contribution in [3.63, 3.8) is 0 Å². The number of aromatic nitrogens is 2. The van der Waals surface area contributed by atoms with E-state index >= 15 is 8.78 Å².